The first kappa shape index (κ1) is 21.0. The van der Waals surface area contributed by atoms with Crippen molar-refractivity contribution < 1.29 is 9.47 Å². The van der Waals surface area contributed by atoms with Crippen molar-refractivity contribution in [2.45, 2.75) is 47.2 Å². The molecule has 0 spiro atoms. The zero-order chi connectivity index (χ0) is 19.6. The van der Waals surface area contributed by atoms with Gasteiger partial charge in [-0.3, -0.25) is 4.68 Å². The quantitative estimate of drug-likeness (QED) is 0.608. The second-order valence-corrected chi connectivity index (χ2v) is 6.51. The van der Waals surface area contributed by atoms with Crippen molar-refractivity contribution in [2.75, 3.05) is 19.8 Å². The molecule has 0 unspecified atom stereocenters. The van der Waals surface area contributed by atoms with Gasteiger partial charge in [0, 0.05) is 31.4 Å². The summed E-state index contributed by atoms with van der Waals surface area (Å²) in [7, 11) is 0. The number of rotatable bonds is 10. The first-order valence-electron chi connectivity index (χ1n) is 9.50. The Balaban J connectivity index is 1.80. The van der Waals surface area contributed by atoms with Crippen molar-refractivity contribution in [1.29, 1.82) is 0 Å². The maximum absolute atomic E-state index is 5.68. The molecule has 1 aromatic carbocycles. The van der Waals surface area contributed by atoms with Crippen molar-refractivity contribution in [2.24, 2.45) is 0 Å². The lowest BCUT2D eigenvalue weighted by Gasteiger charge is -2.13. The Bertz CT molecular complexity index is 746. The SMILES string of the molecule is CCOc1ccc(CCNC(=S)NCc2cn(CC)nc2C)cc1OCC. The van der Waals surface area contributed by atoms with E-state index in [4.69, 9.17) is 21.7 Å². The van der Waals surface area contributed by atoms with Crippen molar-refractivity contribution in [3.8, 4) is 11.5 Å². The average molecular weight is 391 g/mol. The van der Waals surface area contributed by atoms with Crippen LogP contribution in [0.1, 0.15) is 37.6 Å². The fourth-order valence-corrected chi connectivity index (χ4v) is 2.88. The summed E-state index contributed by atoms with van der Waals surface area (Å²) >= 11 is 5.38. The van der Waals surface area contributed by atoms with Crippen LogP contribution in [0.2, 0.25) is 0 Å². The van der Waals surface area contributed by atoms with Gasteiger partial charge < -0.3 is 20.1 Å². The normalized spacial score (nSPS) is 10.5. The monoisotopic (exact) mass is 390 g/mol. The number of benzene rings is 1. The van der Waals surface area contributed by atoms with E-state index in [-0.39, 0.29) is 0 Å². The molecule has 0 aliphatic rings. The molecule has 27 heavy (non-hydrogen) atoms. The summed E-state index contributed by atoms with van der Waals surface area (Å²) in [6.45, 7) is 11.6. The highest BCUT2D eigenvalue weighted by atomic mass is 32.1. The Labute approximate surface area is 167 Å². The van der Waals surface area contributed by atoms with Crippen molar-refractivity contribution >= 4 is 17.3 Å². The maximum Gasteiger partial charge on any atom is 0.166 e. The van der Waals surface area contributed by atoms with Crippen LogP contribution in [0.5, 0.6) is 11.5 Å². The number of nitrogens with zero attached hydrogens (tertiary/aromatic N) is 2. The smallest absolute Gasteiger partial charge is 0.166 e. The molecule has 0 fully saturated rings. The van der Waals surface area contributed by atoms with E-state index in [1.165, 1.54) is 5.56 Å². The number of hydrogen-bond acceptors (Lipinski definition) is 4. The van der Waals surface area contributed by atoms with Gasteiger partial charge in [0.05, 0.1) is 18.9 Å². The summed E-state index contributed by atoms with van der Waals surface area (Å²) in [6.07, 6.45) is 2.90. The van der Waals surface area contributed by atoms with Gasteiger partial charge in [0.15, 0.2) is 16.6 Å². The van der Waals surface area contributed by atoms with Crippen LogP contribution in [-0.2, 0) is 19.5 Å². The molecule has 1 aromatic heterocycles. The van der Waals surface area contributed by atoms with Gasteiger partial charge >= 0.3 is 0 Å². The fourth-order valence-electron chi connectivity index (χ4n) is 2.70. The minimum absolute atomic E-state index is 0.615. The largest absolute Gasteiger partial charge is 0.490 e. The first-order chi connectivity index (χ1) is 13.1. The molecule has 0 saturated carbocycles. The van der Waals surface area contributed by atoms with E-state index >= 15 is 0 Å². The molecule has 2 rings (SSSR count). The van der Waals surface area contributed by atoms with Crippen LogP contribution in [-0.4, -0.2) is 34.7 Å². The van der Waals surface area contributed by atoms with E-state index in [1.807, 2.05) is 37.6 Å². The van der Waals surface area contributed by atoms with Crippen LogP contribution in [0.3, 0.4) is 0 Å². The molecule has 1 heterocycles. The number of aryl methyl sites for hydroxylation is 2. The van der Waals surface area contributed by atoms with Crippen molar-refractivity contribution in [3.05, 3.63) is 41.2 Å². The van der Waals surface area contributed by atoms with Gasteiger partial charge in [-0.25, -0.2) is 0 Å². The molecule has 0 aliphatic heterocycles. The zero-order valence-corrected chi connectivity index (χ0v) is 17.5. The van der Waals surface area contributed by atoms with Gasteiger partial charge in [-0.15, -0.1) is 0 Å². The third-order valence-electron chi connectivity index (χ3n) is 4.12. The van der Waals surface area contributed by atoms with Crippen LogP contribution in [0.25, 0.3) is 0 Å². The van der Waals surface area contributed by atoms with Gasteiger partial charge in [-0.1, -0.05) is 6.07 Å². The lowest BCUT2D eigenvalue weighted by atomic mass is 10.1. The average Bonchev–Trinajstić information content (AvgIpc) is 3.02. The minimum atomic E-state index is 0.615. The lowest BCUT2D eigenvalue weighted by Crippen LogP contribution is -2.36. The first-order valence-corrected chi connectivity index (χ1v) is 9.91. The molecular formula is C20H30N4O2S. The molecule has 0 aliphatic carbocycles. The van der Waals surface area contributed by atoms with Gasteiger partial charge in [-0.05, 0) is 64.0 Å². The molecule has 6 nitrogen and oxygen atoms in total. The molecule has 2 aromatic rings. The Hall–Kier alpha value is -2.28. The lowest BCUT2D eigenvalue weighted by molar-refractivity contribution is 0.287. The van der Waals surface area contributed by atoms with Crippen molar-refractivity contribution in [1.82, 2.24) is 20.4 Å². The second-order valence-electron chi connectivity index (χ2n) is 6.10. The third kappa shape index (κ3) is 6.43. The highest BCUT2D eigenvalue weighted by Crippen LogP contribution is 2.28. The molecule has 7 heteroatoms. The summed E-state index contributed by atoms with van der Waals surface area (Å²) in [4.78, 5) is 0. The van der Waals surface area contributed by atoms with Crippen LogP contribution in [0.15, 0.2) is 24.4 Å². The minimum Gasteiger partial charge on any atom is -0.490 e. The van der Waals surface area contributed by atoms with Crippen LogP contribution < -0.4 is 20.1 Å². The Morgan fingerprint density at radius 3 is 2.52 bits per heavy atom. The number of nitrogens with one attached hydrogen (secondary N) is 2. The maximum atomic E-state index is 5.68. The summed E-state index contributed by atoms with van der Waals surface area (Å²) in [5.74, 6) is 1.58. The van der Waals surface area contributed by atoms with E-state index in [0.717, 1.165) is 42.3 Å². The number of hydrogen-bond donors (Lipinski definition) is 2. The van der Waals surface area contributed by atoms with E-state index in [9.17, 15) is 0 Å². The molecule has 0 bridgehead atoms. The van der Waals surface area contributed by atoms with Crippen molar-refractivity contribution in [3.63, 3.8) is 0 Å². The molecular weight excluding hydrogens is 360 g/mol. The predicted molar refractivity (Wildman–Crippen MR) is 113 cm³/mol. The Kier molecular flexibility index (Phi) is 8.39. The molecule has 2 N–H and O–H groups in total. The number of aromatic nitrogens is 2. The third-order valence-corrected chi connectivity index (χ3v) is 4.41. The zero-order valence-electron chi connectivity index (χ0n) is 16.7. The van der Waals surface area contributed by atoms with Gasteiger partial charge in [-0.2, -0.15) is 5.10 Å². The summed E-state index contributed by atoms with van der Waals surface area (Å²) in [5, 5.41) is 11.6. The molecule has 148 valence electrons. The Morgan fingerprint density at radius 2 is 1.85 bits per heavy atom. The predicted octanol–water partition coefficient (Wildman–Crippen LogP) is 3.22. The number of thiocarbonyl (C=S) groups is 1. The second kappa shape index (κ2) is 10.8. The topological polar surface area (TPSA) is 60.3 Å². The standard InChI is InChI=1S/C20H30N4O2S/c1-5-24-14-17(15(4)23-24)13-22-20(27)21-11-10-16-8-9-18(25-6-2)19(12-16)26-7-3/h8-9,12,14H,5-7,10-11,13H2,1-4H3,(H2,21,22,27). The highest BCUT2D eigenvalue weighted by molar-refractivity contribution is 7.80. The molecule has 0 saturated heterocycles. The van der Waals surface area contributed by atoms with Gasteiger partial charge in [0.1, 0.15) is 0 Å². The van der Waals surface area contributed by atoms with Crippen LogP contribution in [0.4, 0.5) is 0 Å². The molecule has 0 amide bonds. The van der Waals surface area contributed by atoms with E-state index in [0.29, 0.717) is 24.9 Å². The fraction of sp³-hybridized carbons (Fsp3) is 0.500. The van der Waals surface area contributed by atoms with Crippen LogP contribution >= 0.6 is 12.2 Å². The molecule has 0 radical (unpaired) electrons. The van der Waals surface area contributed by atoms with E-state index in [1.54, 1.807) is 0 Å². The van der Waals surface area contributed by atoms with E-state index in [2.05, 4.69) is 34.9 Å². The Morgan fingerprint density at radius 1 is 1.11 bits per heavy atom. The summed E-state index contributed by atoms with van der Waals surface area (Å²) < 4.78 is 13.2. The summed E-state index contributed by atoms with van der Waals surface area (Å²) in [5.41, 5.74) is 3.37. The van der Waals surface area contributed by atoms with E-state index < -0.39 is 0 Å². The van der Waals surface area contributed by atoms with Crippen LogP contribution in [0, 0.1) is 6.92 Å². The number of ether oxygens (including phenoxy) is 2. The highest BCUT2D eigenvalue weighted by Gasteiger charge is 2.07. The summed E-state index contributed by atoms with van der Waals surface area (Å²) in [6, 6.07) is 6.07. The van der Waals surface area contributed by atoms with Gasteiger partial charge in [0.2, 0.25) is 0 Å². The van der Waals surface area contributed by atoms with Gasteiger partial charge in [0.25, 0.3) is 0 Å². The molecule has 0 atom stereocenters.